The maximum Gasteiger partial charge on any atom is 0.247 e. The van der Waals surface area contributed by atoms with E-state index in [0.29, 0.717) is 29.4 Å². The molecule has 0 fully saturated rings. The van der Waals surface area contributed by atoms with E-state index < -0.39 is 10.0 Å². The van der Waals surface area contributed by atoms with E-state index >= 15 is 0 Å². The molecule has 0 unspecified atom stereocenters. The van der Waals surface area contributed by atoms with E-state index in [1.54, 1.807) is 25.6 Å². The fraction of sp³-hybridized carbons (Fsp3) is 0.250. The number of rotatable bonds is 6. The second kappa shape index (κ2) is 7.43. The number of hydrogen-bond acceptors (Lipinski definition) is 3. The third kappa shape index (κ3) is 3.71. The quantitative estimate of drug-likeness (QED) is 0.669. The maximum absolute atomic E-state index is 13.5. The van der Waals surface area contributed by atoms with Crippen molar-refractivity contribution in [2.45, 2.75) is 31.8 Å². The first-order valence-electron chi connectivity index (χ1n) is 8.48. The van der Waals surface area contributed by atoms with Crippen LogP contribution in [-0.4, -0.2) is 22.5 Å². The molecule has 0 spiro atoms. The van der Waals surface area contributed by atoms with Crippen molar-refractivity contribution in [2.75, 3.05) is 0 Å². The predicted octanol–water partition coefficient (Wildman–Crippen LogP) is 3.43. The number of benzene rings is 2. The monoisotopic (exact) mass is 369 g/mol. The minimum Gasteiger partial charge on any atom is -0.271 e. The Morgan fingerprint density at radius 2 is 1.35 bits per heavy atom. The van der Waals surface area contributed by atoms with Gasteiger partial charge >= 0.3 is 0 Å². The molecule has 0 aliphatic carbocycles. The number of aromatic nitrogens is 2. The highest BCUT2D eigenvalue weighted by atomic mass is 32.2. The lowest BCUT2D eigenvalue weighted by Crippen LogP contribution is -2.31. The molecule has 0 bridgehead atoms. The van der Waals surface area contributed by atoms with Crippen molar-refractivity contribution < 1.29 is 8.42 Å². The van der Waals surface area contributed by atoms with Crippen molar-refractivity contribution in [2.24, 2.45) is 7.05 Å². The second-order valence-electron chi connectivity index (χ2n) is 6.37. The summed E-state index contributed by atoms with van der Waals surface area (Å²) in [5.41, 5.74) is 3.07. The van der Waals surface area contributed by atoms with Crippen LogP contribution in [0.25, 0.3) is 0 Å². The molecule has 1 heterocycles. The Balaban J connectivity index is 2.03. The third-order valence-corrected chi connectivity index (χ3v) is 6.49. The van der Waals surface area contributed by atoms with Crippen LogP contribution in [0.2, 0.25) is 0 Å². The van der Waals surface area contributed by atoms with Gasteiger partial charge in [0.25, 0.3) is 0 Å². The lowest BCUT2D eigenvalue weighted by molar-refractivity contribution is 0.400. The average Bonchev–Trinajstić information content (AvgIpc) is 2.88. The van der Waals surface area contributed by atoms with Crippen molar-refractivity contribution in [3.8, 4) is 0 Å². The van der Waals surface area contributed by atoms with Crippen LogP contribution in [0.15, 0.2) is 65.6 Å². The normalized spacial score (nSPS) is 11.8. The number of aryl methyl sites for hydroxylation is 2. The molecular formula is C20H23N3O2S. The van der Waals surface area contributed by atoms with Crippen molar-refractivity contribution in [1.82, 2.24) is 14.1 Å². The van der Waals surface area contributed by atoms with Gasteiger partial charge in [-0.05, 0) is 25.0 Å². The minimum absolute atomic E-state index is 0.298. The smallest absolute Gasteiger partial charge is 0.247 e. The van der Waals surface area contributed by atoms with Crippen LogP contribution in [-0.2, 0) is 30.2 Å². The summed E-state index contributed by atoms with van der Waals surface area (Å²) in [5.74, 6) is 0. The molecule has 26 heavy (non-hydrogen) atoms. The molecule has 0 N–H and O–H groups in total. The van der Waals surface area contributed by atoms with Gasteiger partial charge in [0.15, 0.2) is 0 Å². The fourth-order valence-corrected chi connectivity index (χ4v) is 4.87. The van der Waals surface area contributed by atoms with Crippen molar-refractivity contribution in [3.63, 3.8) is 0 Å². The van der Waals surface area contributed by atoms with Gasteiger partial charge < -0.3 is 0 Å². The topological polar surface area (TPSA) is 55.2 Å². The molecule has 0 radical (unpaired) electrons. The largest absolute Gasteiger partial charge is 0.271 e. The number of nitrogens with zero attached hydrogens (tertiary/aromatic N) is 3. The predicted molar refractivity (Wildman–Crippen MR) is 102 cm³/mol. The molecule has 5 nitrogen and oxygen atoms in total. The van der Waals surface area contributed by atoms with E-state index in [4.69, 9.17) is 0 Å². The zero-order chi connectivity index (χ0) is 18.7. The van der Waals surface area contributed by atoms with Crippen molar-refractivity contribution in [1.29, 1.82) is 0 Å². The SMILES string of the molecule is Cc1nn(C)c(C)c1S(=O)(=O)N(Cc1ccccc1)Cc1ccccc1. The number of hydrogen-bond donors (Lipinski definition) is 0. The molecule has 3 rings (SSSR count). The second-order valence-corrected chi connectivity index (χ2v) is 8.24. The first-order valence-corrected chi connectivity index (χ1v) is 9.92. The fourth-order valence-electron chi connectivity index (χ4n) is 3.06. The molecule has 0 amide bonds. The summed E-state index contributed by atoms with van der Waals surface area (Å²) in [6.07, 6.45) is 0. The van der Waals surface area contributed by atoms with Gasteiger partial charge in [0.05, 0.1) is 11.4 Å². The van der Waals surface area contributed by atoms with Crippen LogP contribution in [0.5, 0.6) is 0 Å². The van der Waals surface area contributed by atoms with E-state index in [-0.39, 0.29) is 0 Å². The maximum atomic E-state index is 13.5. The van der Waals surface area contributed by atoms with E-state index in [1.807, 2.05) is 60.7 Å². The van der Waals surface area contributed by atoms with Gasteiger partial charge in [-0.1, -0.05) is 60.7 Å². The Morgan fingerprint density at radius 1 is 0.885 bits per heavy atom. The Kier molecular flexibility index (Phi) is 5.25. The summed E-state index contributed by atoms with van der Waals surface area (Å²) in [5, 5.41) is 4.28. The van der Waals surface area contributed by atoms with E-state index in [0.717, 1.165) is 11.1 Å². The van der Waals surface area contributed by atoms with E-state index in [2.05, 4.69) is 5.10 Å². The number of sulfonamides is 1. The van der Waals surface area contributed by atoms with Crippen molar-refractivity contribution >= 4 is 10.0 Å². The molecule has 0 atom stereocenters. The van der Waals surface area contributed by atoms with Crippen LogP contribution in [0.3, 0.4) is 0 Å². The van der Waals surface area contributed by atoms with Crippen LogP contribution < -0.4 is 0 Å². The van der Waals surface area contributed by atoms with Crippen molar-refractivity contribution in [3.05, 3.63) is 83.2 Å². The molecule has 136 valence electrons. The molecule has 1 aromatic heterocycles. The zero-order valence-electron chi connectivity index (χ0n) is 15.3. The van der Waals surface area contributed by atoms with Crippen LogP contribution in [0, 0.1) is 13.8 Å². The summed E-state index contributed by atoms with van der Waals surface area (Å²) in [6.45, 7) is 4.15. The van der Waals surface area contributed by atoms with Gasteiger partial charge in [-0.25, -0.2) is 8.42 Å². The Labute approximate surface area is 154 Å². The summed E-state index contributed by atoms with van der Waals surface area (Å²) < 4.78 is 30.1. The lowest BCUT2D eigenvalue weighted by atomic mass is 10.2. The van der Waals surface area contributed by atoms with E-state index in [9.17, 15) is 8.42 Å². The molecule has 0 aliphatic rings. The molecule has 6 heteroatoms. The summed E-state index contributed by atoms with van der Waals surface area (Å²) >= 11 is 0. The summed E-state index contributed by atoms with van der Waals surface area (Å²) in [6, 6.07) is 19.3. The van der Waals surface area contributed by atoms with E-state index in [1.165, 1.54) is 4.31 Å². The Hall–Kier alpha value is -2.44. The highest BCUT2D eigenvalue weighted by molar-refractivity contribution is 7.89. The third-order valence-electron chi connectivity index (χ3n) is 4.44. The molecule has 0 aliphatic heterocycles. The summed E-state index contributed by atoms with van der Waals surface area (Å²) in [4.78, 5) is 0.298. The molecule has 0 saturated heterocycles. The van der Waals surface area contributed by atoms with Crippen LogP contribution >= 0.6 is 0 Å². The van der Waals surface area contributed by atoms with Gasteiger partial charge in [0.2, 0.25) is 10.0 Å². The summed E-state index contributed by atoms with van der Waals surface area (Å²) in [7, 11) is -1.92. The zero-order valence-corrected chi connectivity index (χ0v) is 16.1. The minimum atomic E-state index is -3.69. The highest BCUT2D eigenvalue weighted by Gasteiger charge is 2.30. The molecular weight excluding hydrogens is 346 g/mol. The van der Waals surface area contributed by atoms with Gasteiger partial charge in [-0.15, -0.1) is 0 Å². The van der Waals surface area contributed by atoms with Crippen LogP contribution in [0.1, 0.15) is 22.5 Å². The van der Waals surface area contributed by atoms with Gasteiger partial charge in [-0.2, -0.15) is 9.40 Å². The van der Waals surface area contributed by atoms with Gasteiger partial charge in [-0.3, -0.25) is 4.68 Å². The lowest BCUT2D eigenvalue weighted by Gasteiger charge is -2.23. The first kappa shape index (κ1) is 18.4. The first-order chi connectivity index (χ1) is 12.4. The molecule has 0 saturated carbocycles. The Bertz CT molecular complexity index is 939. The van der Waals surface area contributed by atoms with Crippen LogP contribution in [0.4, 0.5) is 0 Å². The molecule has 2 aromatic carbocycles. The van der Waals surface area contributed by atoms with Gasteiger partial charge in [0, 0.05) is 20.1 Å². The van der Waals surface area contributed by atoms with Gasteiger partial charge in [0.1, 0.15) is 4.90 Å². The Morgan fingerprint density at radius 3 is 1.73 bits per heavy atom. The average molecular weight is 369 g/mol. The highest BCUT2D eigenvalue weighted by Crippen LogP contribution is 2.26. The standard InChI is InChI=1S/C20H23N3O2S/c1-16-20(17(2)22(3)21-16)26(24,25)23(14-18-10-6-4-7-11-18)15-19-12-8-5-9-13-19/h4-13H,14-15H2,1-3H3. The molecule has 3 aromatic rings.